The second-order valence-electron chi connectivity index (χ2n) is 7.21. The molecule has 0 aromatic heterocycles. The molecule has 2 aliphatic heterocycles. The number of anilines is 1. The third-order valence-electron chi connectivity index (χ3n) is 5.41. The first kappa shape index (κ1) is 18.5. The van der Waals surface area contributed by atoms with E-state index in [-0.39, 0.29) is 5.91 Å². The zero-order chi connectivity index (χ0) is 19.3. The van der Waals surface area contributed by atoms with Gasteiger partial charge in [-0.05, 0) is 23.8 Å². The fourth-order valence-electron chi connectivity index (χ4n) is 3.80. The highest BCUT2D eigenvalue weighted by molar-refractivity contribution is 5.95. The van der Waals surface area contributed by atoms with Crippen LogP contribution in [0, 0.1) is 0 Å². The van der Waals surface area contributed by atoms with Gasteiger partial charge in [-0.2, -0.15) is 0 Å². The Morgan fingerprint density at radius 3 is 2.50 bits per heavy atom. The molecule has 0 radical (unpaired) electrons. The molecule has 0 spiro atoms. The maximum Gasteiger partial charge on any atom is 0.339 e. The number of fused-ring (bicyclic) bond motifs is 1. The van der Waals surface area contributed by atoms with E-state index >= 15 is 0 Å². The molecule has 1 N–H and O–H groups in total. The summed E-state index contributed by atoms with van der Waals surface area (Å²) in [4.78, 5) is 29.2. The summed E-state index contributed by atoms with van der Waals surface area (Å²) >= 11 is 0. The number of carbonyl (C=O) groups excluding carboxylic acids is 2. The van der Waals surface area contributed by atoms with Gasteiger partial charge in [0.1, 0.15) is 0 Å². The maximum atomic E-state index is 12.4. The SMILES string of the molecule is O=C1OC(C(=O)NCCN2CCN(c3ccccc3)CC2)Cc2ccccc21. The molecule has 2 heterocycles. The number of piperazine rings is 1. The Labute approximate surface area is 165 Å². The van der Waals surface area contributed by atoms with Gasteiger partial charge in [0.15, 0.2) is 6.10 Å². The van der Waals surface area contributed by atoms with Crippen molar-refractivity contribution < 1.29 is 14.3 Å². The second kappa shape index (κ2) is 8.44. The lowest BCUT2D eigenvalue weighted by molar-refractivity contribution is -0.130. The number of para-hydroxylation sites is 1. The lowest BCUT2D eigenvalue weighted by Crippen LogP contribution is -2.49. The quantitative estimate of drug-likeness (QED) is 0.802. The van der Waals surface area contributed by atoms with Crippen molar-refractivity contribution in [3.8, 4) is 0 Å². The van der Waals surface area contributed by atoms with E-state index in [4.69, 9.17) is 4.74 Å². The average molecular weight is 379 g/mol. The predicted molar refractivity (Wildman–Crippen MR) is 107 cm³/mol. The van der Waals surface area contributed by atoms with Gasteiger partial charge in [-0.25, -0.2) is 4.79 Å². The summed E-state index contributed by atoms with van der Waals surface area (Å²) in [6.45, 7) is 5.25. The van der Waals surface area contributed by atoms with Crippen LogP contribution in [-0.2, 0) is 16.0 Å². The van der Waals surface area contributed by atoms with Crippen molar-refractivity contribution in [3.05, 3.63) is 65.7 Å². The summed E-state index contributed by atoms with van der Waals surface area (Å²) in [6, 6.07) is 17.7. The molecule has 2 aromatic carbocycles. The van der Waals surface area contributed by atoms with Gasteiger partial charge in [-0.1, -0.05) is 36.4 Å². The second-order valence-corrected chi connectivity index (χ2v) is 7.21. The third kappa shape index (κ3) is 4.17. The van der Waals surface area contributed by atoms with Crippen LogP contribution in [0.4, 0.5) is 5.69 Å². The minimum atomic E-state index is -0.739. The molecule has 2 aliphatic rings. The van der Waals surface area contributed by atoms with Crippen LogP contribution in [0.3, 0.4) is 0 Å². The van der Waals surface area contributed by atoms with Crippen LogP contribution in [0.2, 0.25) is 0 Å². The van der Waals surface area contributed by atoms with Crippen molar-refractivity contribution in [2.75, 3.05) is 44.2 Å². The first-order valence-corrected chi connectivity index (χ1v) is 9.79. The topological polar surface area (TPSA) is 61.9 Å². The van der Waals surface area contributed by atoms with Gasteiger partial charge in [-0.15, -0.1) is 0 Å². The summed E-state index contributed by atoms with van der Waals surface area (Å²) in [5.74, 6) is -0.634. The molecule has 1 unspecified atom stereocenters. The Bertz CT molecular complexity index is 832. The zero-order valence-electron chi connectivity index (χ0n) is 15.8. The monoisotopic (exact) mass is 379 g/mol. The van der Waals surface area contributed by atoms with E-state index in [2.05, 4.69) is 39.4 Å². The number of esters is 1. The molecular weight excluding hydrogens is 354 g/mol. The first-order valence-electron chi connectivity index (χ1n) is 9.79. The fraction of sp³-hybridized carbons (Fsp3) is 0.364. The number of hydrogen-bond donors (Lipinski definition) is 1. The van der Waals surface area contributed by atoms with Crippen molar-refractivity contribution in [2.45, 2.75) is 12.5 Å². The number of rotatable bonds is 5. The number of nitrogens with zero attached hydrogens (tertiary/aromatic N) is 2. The van der Waals surface area contributed by atoms with E-state index in [9.17, 15) is 9.59 Å². The number of carbonyl (C=O) groups is 2. The Morgan fingerprint density at radius 2 is 1.71 bits per heavy atom. The normalized spacial score (nSPS) is 19.6. The highest BCUT2D eigenvalue weighted by Crippen LogP contribution is 2.20. The zero-order valence-corrected chi connectivity index (χ0v) is 15.8. The first-order chi connectivity index (χ1) is 13.7. The van der Waals surface area contributed by atoms with Gasteiger partial charge >= 0.3 is 5.97 Å². The van der Waals surface area contributed by atoms with Gasteiger partial charge in [0.2, 0.25) is 0 Å². The number of benzene rings is 2. The molecule has 1 atom stereocenters. The molecule has 1 fully saturated rings. The Hall–Kier alpha value is -2.86. The highest BCUT2D eigenvalue weighted by atomic mass is 16.5. The highest BCUT2D eigenvalue weighted by Gasteiger charge is 2.30. The summed E-state index contributed by atoms with van der Waals surface area (Å²) < 4.78 is 5.31. The van der Waals surface area contributed by atoms with E-state index in [1.54, 1.807) is 12.1 Å². The van der Waals surface area contributed by atoms with Crippen LogP contribution in [0.25, 0.3) is 0 Å². The smallest absolute Gasteiger partial charge is 0.339 e. The van der Waals surface area contributed by atoms with E-state index in [1.807, 2.05) is 18.2 Å². The van der Waals surface area contributed by atoms with Crippen molar-refractivity contribution in [1.29, 1.82) is 0 Å². The van der Waals surface area contributed by atoms with Crippen LogP contribution >= 0.6 is 0 Å². The molecule has 0 bridgehead atoms. The molecule has 6 nitrogen and oxygen atoms in total. The van der Waals surface area contributed by atoms with E-state index < -0.39 is 12.1 Å². The van der Waals surface area contributed by atoms with Crippen LogP contribution in [-0.4, -0.2) is 62.1 Å². The summed E-state index contributed by atoms with van der Waals surface area (Å²) in [6.07, 6.45) is -0.305. The molecule has 4 rings (SSSR count). The van der Waals surface area contributed by atoms with Gasteiger partial charge in [-0.3, -0.25) is 9.69 Å². The third-order valence-corrected chi connectivity index (χ3v) is 5.41. The van der Waals surface area contributed by atoms with E-state index in [0.717, 1.165) is 38.3 Å². The van der Waals surface area contributed by atoms with Crippen LogP contribution in [0.5, 0.6) is 0 Å². The number of ether oxygens (including phenoxy) is 1. The number of nitrogens with one attached hydrogen (secondary N) is 1. The molecule has 0 aliphatic carbocycles. The minimum Gasteiger partial charge on any atom is -0.448 e. The number of amides is 1. The number of cyclic esters (lactones) is 1. The molecule has 2 aromatic rings. The molecule has 6 heteroatoms. The lowest BCUT2D eigenvalue weighted by atomic mass is 9.98. The van der Waals surface area contributed by atoms with Gasteiger partial charge in [0.05, 0.1) is 5.56 Å². The molecule has 1 saturated heterocycles. The van der Waals surface area contributed by atoms with E-state index in [0.29, 0.717) is 18.5 Å². The van der Waals surface area contributed by atoms with Crippen molar-refractivity contribution in [3.63, 3.8) is 0 Å². The van der Waals surface area contributed by atoms with Crippen LogP contribution < -0.4 is 10.2 Å². The minimum absolute atomic E-state index is 0.217. The summed E-state index contributed by atoms with van der Waals surface area (Å²) in [5, 5.41) is 2.92. The molecular formula is C22H25N3O3. The molecule has 0 saturated carbocycles. The maximum absolute atomic E-state index is 12.4. The van der Waals surface area contributed by atoms with E-state index in [1.165, 1.54) is 5.69 Å². The van der Waals surface area contributed by atoms with Gasteiger partial charge < -0.3 is 15.0 Å². The van der Waals surface area contributed by atoms with Gasteiger partial charge in [0, 0.05) is 51.4 Å². The molecule has 28 heavy (non-hydrogen) atoms. The van der Waals surface area contributed by atoms with Crippen LogP contribution in [0.15, 0.2) is 54.6 Å². The summed E-state index contributed by atoms with van der Waals surface area (Å²) in [7, 11) is 0. The number of hydrogen-bond acceptors (Lipinski definition) is 5. The largest absolute Gasteiger partial charge is 0.448 e. The molecule has 1 amide bonds. The van der Waals surface area contributed by atoms with Gasteiger partial charge in [0.25, 0.3) is 5.91 Å². The Kier molecular flexibility index (Phi) is 5.58. The van der Waals surface area contributed by atoms with Crippen molar-refractivity contribution in [1.82, 2.24) is 10.2 Å². The van der Waals surface area contributed by atoms with Crippen molar-refractivity contribution >= 4 is 17.6 Å². The molecule has 146 valence electrons. The Morgan fingerprint density at radius 1 is 1.00 bits per heavy atom. The van der Waals surface area contributed by atoms with Crippen LogP contribution in [0.1, 0.15) is 15.9 Å². The summed E-state index contributed by atoms with van der Waals surface area (Å²) in [5.41, 5.74) is 2.69. The average Bonchev–Trinajstić information content (AvgIpc) is 2.75. The standard InChI is InChI=1S/C22H25N3O3/c26-21(20-16-17-6-4-5-9-19(17)22(27)28-20)23-10-11-24-12-14-25(15-13-24)18-7-2-1-3-8-18/h1-9,20H,10-16H2,(H,23,26). The lowest BCUT2D eigenvalue weighted by Gasteiger charge is -2.36. The van der Waals surface area contributed by atoms with Crippen molar-refractivity contribution in [2.24, 2.45) is 0 Å². The Balaban J connectivity index is 1.21. The fourth-order valence-corrected chi connectivity index (χ4v) is 3.80. The predicted octanol–water partition coefficient (Wildman–Crippen LogP) is 1.71.